The smallest absolute Gasteiger partial charge is 0.350 e. The van der Waals surface area contributed by atoms with E-state index in [2.05, 4.69) is 15.7 Å². The Morgan fingerprint density at radius 3 is 2.68 bits per heavy atom. The number of carbonyl (C=O) groups excluding carboxylic acids is 1. The van der Waals surface area contributed by atoms with Gasteiger partial charge in [0.25, 0.3) is 0 Å². The molecule has 1 aliphatic heterocycles. The van der Waals surface area contributed by atoms with Gasteiger partial charge in [-0.05, 0) is 12.8 Å². The number of nitriles is 1. The molecule has 2 rings (SSSR count). The second-order valence-corrected chi connectivity index (χ2v) is 5.45. The van der Waals surface area contributed by atoms with Crippen molar-refractivity contribution >= 4 is 28.0 Å². The second-order valence-electron chi connectivity index (χ2n) is 4.45. The van der Waals surface area contributed by atoms with E-state index >= 15 is 0 Å². The first-order chi connectivity index (χ1) is 9.08. The zero-order chi connectivity index (χ0) is 14.0. The molecule has 0 saturated carbocycles. The molecule has 0 amide bonds. The fourth-order valence-corrected chi connectivity index (χ4v) is 3.25. The number of nitrogens with two attached hydrogens (primary N) is 2. The first-order valence-electron chi connectivity index (χ1n) is 5.99. The van der Waals surface area contributed by atoms with Gasteiger partial charge in [0.15, 0.2) is 0 Å². The van der Waals surface area contributed by atoms with Crippen molar-refractivity contribution in [1.82, 2.24) is 0 Å². The molecule has 2 heterocycles. The average Bonchev–Trinajstić information content (AvgIpc) is 2.75. The molecule has 0 unspecified atom stereocenters. The molecule has 0 bridgehead atoms. The Kier molecular flexibility index (Phi) is 3.93. The van der Waals surface area contributed by atoms with Crippen LogP contribution >= 0.6 is 11.3 Å². The van der Waals surface area contributed by atoms with Crippen molar-refractivity contribution in [3.05, 3.63) is 10.4 Å². The van der Waals surface area contributed by atoms with E-state index in [9.17, 15) is 10.1 Å². The minimum absolute atomic E-state index is 0.208. The molecule has 0 radical (unpaired) electrons. The monoisotopic (exact) mass is 280 g/mol. The SMILES string of the molecule is COC(=O)c1sc(N2CCC(N)CC2)c(C#N)c1N. The summed E-state index contributed by atoms with van der Waals surface area (Å²) in [6, 6.07) is 2.28. The molecular formula is C12H16N4O2S. The van der Waals surface area contributed by atoms with Gasteiger partial charge < -0.3 is 21.1 Å². The summed E-state index contributed by atoms with van der Waals surface area (Å²) in [6.45, 7) is 1.55. The summed E-state index contributed by atoms with van der Waals surface area (Å²) in [7, 11) is 1.30. The van der Waals surface area contributed by atoms with E-state index in [1.807, 2.05) is 0 Å². The first-order valence-corrected chi connectivity index (χ1v) is 6.81. The lowest BCUT2D eigenvalue weighted by Crippen LogP contribution is -2.39. The molecule has 4 N–H and O–H groups in total. The third kappa shape index (κ3) is 2.50. The van der Waals surface area contributed by atoms with Crippen molar-refractivity contribution in [1.29, 1.82) is 5.26 Å². The van der Waals surface area contributed by atoms with Crippen LogP contribution in [0.4, 0.5) is 10.7 Å². The average molecular weight is 280 g/mol. The second kappa shape index (κ2) is 5.47. The number of anilines is 2. The van der Waals surface area contributed by atoms with Crippen molar-refractivity contribution in [3.8, 4) is 6.07 Å². The molecule has 1 fully saturated rings. The molecule has 102 valence electrons. The number of rotatable bonds is 2. The van der Waals surface area contributed by atoms with Gasteiger partial charge in [-0.15, -0.1) is 11.3 Å². The van der Waals surface area contributed by atoms with Crippen LogP contribution in [0.25, 0.3) is 0 Å². The fraction of sp³-hybridized carbons (Fsp3) is 0.500. The van der Waals surface area contributed by atoms with Crippen molar-refractivity contribution in [2.75, 3.05) is 30.8 Å². The third-order valence-corrected chi connectivity index (χ3v) is 4.48. The quantitative estimate of drug-likeness (QED) is 0.780. The Morgan fingerprint density at radius 1 is 1.53 bits per heavy atom. The topological polar surface area (TPSA) is 105 Å². The maximum absolute atomic E-state index is 11.6. The minimum atomic E-state index is -0.501. The molecule has 1 aromatic heterocycles. The molecular weight excluding hydrogens is 264 g/mol. The number of piperidine rings is 1. The van der Waals surface area contributed by atoms with Crippen LogP contribution in [0.2, 0.25) is 0 Å². The Morgan fingerprint density at radius 2 is 2.16 bits per heavy atom. The van der Waals surface area contributed by atoms with Crippen LogP contribution < -0.4 is 16.4 Å². The fourth-order valence-electron chi connectivity index (χ4n) is 2.11. The lowest BCUT2D eigenvalue weighted by molar-refractivity contribution is 0.0607. The zero-order valence-corrected chi connectivity index (χ0v) is 11.5. The molecule has 1 aromatic rings. The van der Waals surface area contributed by atoms with Crippen LogP contribution in [0.15, 0.2) is 0 Å². The summed E-state index contributed by atoms with van der Waals surface area (Å²) in [4.78, 5) is 14.0. The number of hydrogen-bond donors (Lipinski definition) is 2. The van der Waals surface area contributed by atoms with Gasteiger partial charge in [-0.2, -0.15) is 5.26 Å². The van der Waals surface area contributed by atoms with Gasteiger partial charge in [-0.25, -0.2) is 4.79 Å². The number of ether oxygens (including phenoxy) is 1. The minimum Gasteiger partial charge on any atom is -0.465 e. The number of nitrogens with zero attached hydrogens (tertiary/aromatic N) is 2. The van der Waals surface area contributed by atoms with Gasteiger partial charge in [0.05, 0.1) is 12.8 Å². The number of nitrogen functional groups attached to an aromatic ring is 1. The Balaban J connectivity index is 2.35. The van der Waals surface area contributed by atoms with Gasteiger partial charge in [-0.3, -0.25) is 0 Å². The predicted octanol–water partition coefficient (Wildman–Crippen LogP) is 0.916. The van der Waals surface area contributed by atoms with Gasteiger partial charge in [0.2, 0.25) is 0 Å². The van der Waals surface area contributed by atoms with E-state index in [0.717, 1.165) is 30.9 Å². The number of hydrogen-bond acceptors (Lipinski definition) is 7. The van der Waals surface area contributed by atoms with Crippen molar-refractivity contribution in [2.45, 2.75) is 18.9 Å². The summed E-state index contributed by atoms with van der Waals surface area (Å²) in [5.74, 6) is -0.501. The van der Waals surface area contributed by atoms with Gasteiger partial charge in [-0.1, -0.05) is 0 Å². The highest BCUT2D eigenvalue weighted by atomic mass is 32.1. The summed E-state index contributed by atoms with van der Waals surface area (Å²) in [5, 5.41) is 9.97. The van der Waals surface area contributed by atoms with Crippen LogP contribution in [0.5, 0.6) is 0 Å². The van der Waals surface area contributed by atoms with Crippen LogP contribution in [-0.4, -0.2) is 32.2 Å². The van der Waals surface area contributed by atoms with Crippen LogP contribution in [0.1, 0.15) is 28.1 Å². The van der Waals surface area contributed by atoms with Gasteiger partial charge in [0, 0.05) is 19.1 Å². The van der Waals surface area contributed by atoms with Crippen LogP contribution in [-0.2, 0) is 4.74 Å². The molecule has 6 nitrogen and oxygen atoms in total. The van der Waals surface area contributed by atoms with E-state index in [1.54, 1.807) is 0 Å². The van der Waals surface area contributed by atoms with Crippen molar-refractivity contribution in [3.63, 3.8) is 0 Å². The summed E-state index contributed by atoms with van der Waals surface area (Å²) >= 11 is 1.21. The Hall–Kier alpha value is -1.78. The van der Waals surface area contributed by atoms with Crippen molar-refractivity contribution < 1.29 is 9.53 Å². The van der Waals surface area contributed by atoms with Crippen LogP contribution in [0.3, 0.4) is 0 Å². The molecule has 1 aliphatic rings. The molecule has 0 atom stereocenters. The van der Waals surface area contributed by atoms with E-state index in [1.165, 1.54) is 18.4 Å². The van der Waals surface area contributed by atoms with Gasteiger partial charge in [0.1, 0.15) is 21.5 Å². The Labute approximate surface area is 115 Å². The largest absolute Gasteiger partial charge is 0.465 e. The molecule has 0 aromatic carbocycles. The number of carbonyl (C=O) groups is 1. The van der Waals surface area contributed by atoms with Gasteiger partial charge >= 0.3 is 5.97 Å². The molecule has 19 heavy (non-hydrogen) atoms. The molecule has 1 saturated heterocycles. The maximum Gasteiger partial charge on any atom is 0.350 e. The van der Waals surface area contributed by atoms with Crippen molar-refractivity contribution in [2.24, 2.45) is 5.73 Å². The first kappa shape index (κ1) is 13.6. The highest BCUT2D eigenvalue weighted by molar-refractivity contribution is 7.18. The highest BCUT2D eigenvalue weighted by Crippen LogP contribution is 2.39. The zero-order valence-electron chi connectivity index (χ0n) is 10.7. The standard InChI is InChI=1S/C12H16N4O2S/c1-18-12(17)10-9(15)8(6-13)11(19-10)16-4-2-7(14)3-5-16/h7H,2-5,14-15H2,1H3. The number of methoxy groups -OCH3 is 1. The summed E-state index contributed by atoms with van der Waals surface area (Å²) < 4.78 is 4.68. The van der Waals surface area contributed by atoms with Crippen LogP contribution in [0, 0.1) is 11.3 Å². The highest BCUT2D eigenvalue weighted by Gasteiger charge is 2.26. The molecule has 7 heteroatoms. The van der Waals surface area contributed by atoms with E-state index in [-0.39, 0.29) is 11.7 Å². The number of esters is 1. The Bertz CT molecular complexity index is 527. The third-order valence-electron chi connectivity index (χ3n) is 3.24. The predicted molar refractivity (Wildman–Crippen MR) is 74.2 cm³/mol. The van der Waals surface area contributed by atoms with E-state index in [4.69, 9.17) is 11.5 Å². The molecule has 0 spiro atoms. The van der Waals surface area contributed by atoms with E-state index in [0.29, 0.717) is 10.4 Å². The maximum atomic E-state index is 11.6. The molecule has 0 aliphatic carbocycles. The lowest BCUT2D eigenvalue weighted by Gasteiger charge is -2.31. The summed E-state index contributed by atoms with van der Waals surface area (Å²) in [6.07, 6.45) is 1.74. The number of thiophene rings is 1. The van der Waals surface area contributed by atoms with E-state index < -0.39 is 5.97 Å². The lowest BCUT2D eigenvalue weighted by atomic mass is 10.1. The normalized spacial score (nSPS) is 16.2. The summed E-state index contributed by atoms with van der Waals surface area (Å²) in [5.41, 5.74) is 12.3.